The Labute approximate surface area is 288 Å². The number of benzene rings is 5. The first kappa shape index (κ1) is 29.4. The minimum absolute atomic E-state index is 0.00799. The first-order valence-electron chi connectivity index (χ1n) is 16.8. The molecule has 7 aromatic rings. The van der Waals surface area contributed by atoms with Gasteiger partial charge in [0.05, 0.1) is 27.7 Å². The number of hydrogen-bond donors (Lipinski definition) is 0. The number of rotatable bonds is 5. The summed E-state index contributed by atoms with van der Waals surface area (Å²) in [6.07, 6.45) is 3.90. The van der Waals surface area contributed by atoms with Crippen molar-refractivity contribution in [3.05, 3.63) is 199 Å². The fourth-order valence-corrected chi connectivity index (χ4v) is 8.41. The van der Waals surface area contributed by atoms with Crippen LogP contribution in [0.2, 0.25) is 0 Å². The summed E-state index contributed by atoms with van der Waals surface area (Å²) < 4.78 is 4.94. The molecule has 0 radical (unpaired) electrons. The van der Waals surface area contributed by atoms with Crippen molar-refractivity contribution in [1.29, 1.82) is 0 Å². The van der Waals surface area contributed by atoms with Gasteiger partial charge >= 0.3 is 0 Å². The summed E-state index contributed by atoms with van der Waals surface area (Å²) in [6.45, 7) is 2.11. The van der Waals surface area contributed by atoms with Crippen LogP contribution in [0.25, 0.3) is 40.0 Å². The van der Waals surface area contributed by atoms with Crippen LogP contribution in [0.3, 0.4) is 0 Å². The van der Waals surface area contributed by atoms with E-state index in [9.17, 15) is 4.79 Å². The van der Waals surface area contributed by atoms with Crippen LogP contribution >= 0.6 is 11.3 Å². The number of hydrogen-bond acceptors (Lipinski definition) is 3. The summed E-state index contributed by atoms with van der Waals surface area (Å²) in [5.74, 6) is 0. The predicted molar refractivity (Wildman–Crippen MR) is 201 cm³/mol. The van der Waals surface area contributed by atoms with Gasteiger partial charge < -0.3 is 4.57 Å². The smallest absolute Gasteiger partial charge is 0.271 e. The van der Waals surface area contributed by atoms with Crippen LogP contribution in [0.15, 0.2) is 161 Å². The predicted octanol–water partition coefficient (Wildman–Crippen LogP) is 8.75. The van der Waals surface area contributed by atoms with Crippen molar-refractivity contribution in [3.8, 4) is 28.2 Å². The van der Waals surface area contributed by atoms with E-state index < -0.39 is 0 Å². The molecule has 236 valence electrons. The Morgan fingerprint density at radius 3 is 2.12 bits per heavy atom. The van der Waals surface area contributed by atoms with E-state index in [0.717, 1.165) is 62.7 Å². The van der Waals surface area contributed by atoms with Gasteiger partial charge in [-0.3, -0.25) is 9.36 Å². The SMILES string of the molecule is Cc1ccc(-n2c(-c3ccccc3)cc(/C=c3/sc4n(c3=O)[C@@H](c3ccccc3)C3=C(N=4)c4ccccc4CC3)c2-c2ccccc2)cc1. The maximum Gasteiger partial charge on any atom is 0.271 e. The van der Waals surface area contributed by atoms with Crippen molar-refractivity contribution in [2.24, 2.45) is 4.99 Å². The van der Waals surface area contributed by atoms with Gasteiger partial charge in [-0.2, -0.15) is 0 Å². The number of allylic oxidation sites excluding steroid dienone is 1. The molecule has 49 heavy (non-hydrogen) atoms. The Morgan fingerprint density at radius 2 is 1.39 bits per heavy atom. The van der Waals surface area contributed by atoms with E-state index >= 15 is 0 Å². The van der Waals surface area contributed by atoms with Crippen LogP contribution in [0, 0.1) is 6.92 Å². The number of nitrogens with zero attached hydrogens (tertiary/aromatic N) is 3. The van der Waals surface area contributed by atoms with E-state index in [1.807, 2.05) is 22.8 Å². The third-order valence-corrected chi connectivity index (χ3v) is 10.7. The molecule has 0 N–H and O–H groups in total. The van der Waals surface area contributed by atoms with Gasteiger partial charge in [-0.15, -0.1) is 0 Å². The molecule has 4 nitrogen and oxygen atoms in total. The molecule has 5 aromatic carbocycles. The quantitative estimate of drug-likeness (QED) is 0.184. The molecule has 9 rings (SSSR count). The van der Waals surface area contributed by atoms with Crippen molar-refractivity contribution >= 4 is 23.1 Å². The topological polar surface area (TPSA) is 39.3 Å². The largest absolute Gasteiger partial charge is 0.309 e. The molecule has 0 saturated heterocycles. The van der Waals surface area contributed by atoms with Crippen LogP contribution in [0.1, 0.15) is 40.3 Å². The van der Waals surface area contributed by atoms with Crippen molar-refractivity contribution < 1.29 is 0 Å². The highest BCUT2D eigenvalue weighted by Crippen LogP contribution is 2.41. The summed E-state index contributed by atoms with van der Waals surface area (Å²) in [5.41, 5.74) is 13.4. The second-order valence-electron chi connectivity index (χ2n) is 12.8. The van der Waals surface area contributed by atoms with Crippen LogP contribution in [-0.2, 0) is 6.42 Å². The molecular weight excluding hydrogens is 619 g/mol. The molecule has 0 amide bonds. The van der Waals surface area contributed by atoms with Crippen molar-refractivity contribution in [2.45, 2.75) is 25.8 Å². The highest BCUT2D eigenvalue weighted by atomic mass is 32.1. The van der Waals surface area contributed by atoms with Crippen LogP contribution < -0.4 is 14.9 Å². The number of aromatic nitrogens is 2. The molecule has 0 spiro atoms. The number of fused-ring (bicyclic) bond motifs is 3. The van der Waals surface area contributed by atoms with Crippen LogP contribution in [-0.4, -0.2) is 9.13 Å². The zero-order valence-corrected chi connectivity index (χ0v) is 27.9. The molecule has 3 heterocycles. The zero-order chi connectivity index (χ0) is 32.9. The Hall–Kier alpha value is -5.78. The molecule has 2 aromatic heterocycles. The maximum absolute atomic E-state index is 14.7. The summed E-state index contributed by atoms with van der Waals surface area (Å²) in [4.78, 5) is 20.7. The highest BCUT2D eigenvalue weighted by Gasteiger charge is 2.32. The molecule has 2 aliphatic rings. The van der Waals surface area contributed by atoms with Gasteiger partial charge in [-0.25, -0.2) is 4.99 Å². The van der Waals surface area contributed by atoms with E-state index in [-0.39, 0.29) is 11.6 Å². The molecule has 1 aliphatic heterocycles. The standard InChI is InChI=1S/C44H33N3OS/c1-29-21-24-35(25-22-29)46-38(31-14-5-2-6-15-31)27-34(41(46)32-16-7-3-8-17-32)28-39-43(48)47-42(33-18-9-4-10-19-33)37-26-23-30-13-11-12-20-36(30)40(37)45-44(47)49-39/h2-22,24-25,27-28,42H,23,26H2,1H3/b39-28+/t42-/m0/s1. The summed E-state index contributed by atoms with van der Waals surface area (Å²) in [6, 6.07) is 50.7. The third-order valence-electron chi connectivity index (χ3n) is 9.71. The Bertz CT molecular complexity index is 2560. The molecule has 5 heteroatoms. The first-order valence-corrected chi connectivity index (χ1v) is 17.6. The lowest BCUT2D eigenvalue weighted by molar-refractivity contribution is 0.585. The lowest BCUT2D eigenvalue weighted by Crippen LogP contribution is -2.38. The summed E-state index contributed by atoms with van der Waals surface area (Å²) >= 11 is 1.48. The summed E-state index contributed by atoms with van der Waals surface area (Å²) in [5, 5.41) is 0. The maximum atomic E-state index is 14.7. The normalized spacial score (nSPS) is 15.4. The first-order chi connectivity index (χ1) is 24.1. The molecule has 0 bridgehead atoms. The number of thiazole rings is 1. The molecule has 0 saturated carbocycles. The van der Waals surface area contributed by atoms with E-state index in [4.69, 9.17) is 4.99 Å². The van der Waals surface area contributed by atoms with Gasteiger partial charge in [0.1, 0.15) is 0 Å². The lowest BCUT2D eigenvalue weighted by Gasteiger charge is -2.30. The van der Waals surface area contributed by atoms with Gasteiger partial charge in [0.2, 0.25) is 0 Å². The third kappa shape index (κ3) is 5.06. The Balaban J connectivity index is 1.32. The van der Waals surface area contributed by atoms with E-state index in [1.54, 1.807) is 0 Å². The molecule has 0 unspecified atom stereocenters. The Kier molecular flexibility index (Phi) is 7.21. The van der Waals surface area contributed by atoms with Crippen LogP contribution in [0.5, 0.6) is 0 Å². The lowest BCUT2D eigenvalue weighted by atomic mass is 9.83. The zero-order valence-electron chi connectivity index (χ0n) is 27.1. The summed E-state index contributed by atoms with van der Waals surface area (Å²) in [7, 11) is 0. The van der Waals surface area contributed by atoms with Crippen molar-refractivity contribution in [1.82, 2.24) is 9.13 Å². The van der Waals surface area contributed by atoms with E-state index in [0.29, 0.717) is 4.53 Å². The number of aryl methyl sites for hydroxylation is 2. The average molecular weight is 652 g/mol. The highest BCUT2D eigenvalue weighted by molar-refractivity contribution is 7.07. The minimum Gasteiger partial charge on any atom is -0.309 e. The van der Waals surface area contributed by atoms with E-state index in [1.165, 1.54) is 33.6 Å². The van der Waals surface area contributed by atoms with Gasteiger partial charge in [-0.05, 0) is 71.9 Å². The second kappa shape index (κ2) is 12.0. The average Bonchev–Trinajstić information content (AvgIpc) is 3.69. The van der Waals surface area contributed by atoms with E-state index in [2.05, 4.69) is 145 Å². The van der Waals surface area contributed by atoms with Gasteiger partial charge in [0, 0.05) is 16.8 Å². The second-order valence-corrected chi connectivity index (χ2v) is 13.8. The van der Waals surface area contributed by atoms with Crippen molar-refractivity contribution in [3.63, 3.8) is 0 Å². The molecule has 1 atom stereocenters. The van der Waals surface area contributed by atoms with Gasteiger partial charge in [0.15, 0.2) is 4.80 Å². The van der Waals surface area contributed by atoms with Gasteiger partial charge in [0.25, 0.3) is 5.56 Å². The monoisotopic (exact) mass is 651 g/mol. The van der Waals surface area contributed by atoms with Crippen molar-refractivity contribution in [2.75, 3.05) is 0 Å². The minimum atomic E-state index is -0.200. The molecule has 0 fully saturated rings. The fourth-order valence-electron chi connectivity index (χ4n) is 7.41. The van der Waals surface area contributed by atoms with Gasteiger partial charge in [-0.1, -0.05) is 144 Å². The van der Waals surface area contributed by atoms with Crippen LogP contribution in [0.4, 0.5) is 0 Å². The molecular formula is C44H33N3OS. The Morgan fingerprint density at radius 1 is 0.735 bits per heavy atom. The fraction of sp³-hybridized carbons (Fsp3) is 0.0909. The molecule has 1 aliphatic carbocycles.